The van der Waals surface area contributed by atoms with Gasteiger partial charge in [0.2, 0.25) is 16.0 Å². The Labute approximate surface area is 207 Å². The molecule has 1 fully saturated rings. The average molecular weight is 505 g/mol. The van der Waals surface area contributed by atoms with Crippen molar-refractivity contribution in [1.82, 2.24) is 23.9 Å². The Morgan fingerprint density at radius 1 is 0.886 bits per heavy atom. The third-order valence-electron chi connectivity index (χ3n) is 6.37. The molecule has 4 heterocycles. The molecule has 1 aliphatic rings. The van der Waals surface area contributed by atoms with Crippen LogP contribution in [0.3, 0.4) is 0 Å². The lowest BCUT2D eigenvalue weighted by Gasteiger charge is -2.24. The molecule has 35 heavy (non-hydrogen) atoms. The fraction of sp³-hybridized carbons (Fsp3) is 0.240. The summed E-state index contributed by atoms with van der Waals surface area (Å²) in [7, 11) is -3.56. The van der Waals surface area contributed by atoms with Crippen LogP contribution in [0.25, 0.3) is 27.3 Å². The number of para-hydroxylation sites is 1. The zero-order valence-corrected chi connectivity index (χ0v) is 20.8. The highest BCUT2D eigenvalue weighted by atomic mass is 32.2. The fourth-order valence-electron chi connectivity index (χ4n) is 4.54. The third-order valence-corrected chi connectivity index (χ3v) is 9.15. The first-order chi connectivity index (χ1) is 17.0. The summed E-state index contributed by atoms with van der Waals surface area (Å²) in [4.78, 5) is 8.51. The van der Waals surface area contributed by atoms with Gasteiger partial charge < -0.3 is 4.90 Å². The Kier molecular flexibility index (Phi) is 5.51. The number of thiophene rings is 1. The lowest BCUT2D eigenvalue weighted by Crippen LogP contribution is -2.36. The second kappa shape index (κ2) is 8.71. The molecule has 0 aliphatic carbocycles. The minimum atomic E-state index is -3.56. The molecular formula is C25H24N6O2S2. The van der Waals surface area contributed by atoms with Crippen LogP contribution in [-0.2, 0) is 10.0 Å². The molecule has 1 saturated heterocycles. The van der Waals surface area contributed by atoms with Gasteiger partial charge in [-0.15, -0.1) is 21.5 Å². The van der Waals surface area contributed by atoms with E-state index in [2.05, 4.69) is 15.1 Å². The predicted octanol–water partition coefficient (Wildman–Crippen LogP) is 4.22. The maximum absolute atomic E-state index is 13.3. The highest BCUT2D eigenvalue weighted by Crippen LogP contribution is 2.31. The van der Waals surface area contributed by atoms with Crippen LogP contribution in [0.15, 0.2) is 70.9 Å². The van der Waals surface area contributed by atoms with Crippen LogP contribution in [0.1, 0.15) is 12.0 Å². The van der Waals surface area contributed by atoms with Crippen molar-refractivity contribution >= 4 is 43.9 Å². The van der Waals surface area contributed by atoms with Gasteiger partial charge in [0.25, 0.3) is 0 Å². The van der Waals surface area contributed by atoms with Crippen LogP contribution in [0.5, 0.6) is 0 Å². The molecule has 0 saturated carbocycles. The fourth-order valence-corrected chi connectivity index (χ4v) is 6.71. The molecular weight excluding hydrogens is 480 g/mol. The van der Waals surface area contributed by atoms with Crippen LogP contribution in [0.4, 0.5) is 5.95 Å². The number of anilines is 1. The van der Waals surface area contributed by atoms with Gasteiger partial charge >= 0.3 is 0 Å². The van der Waals surface area contributed by atoms with Gasteiger partial charge in [-0.2, -0.15) is 4.31 Å². The van der Waals surface area contributed by atoms with Gasteiger partial charge in [-0.05, 0) is 49.1 Å². The highest BCUT2D eigenvalue weighted by molar-refractivity contribution is 7.89. The molecule has 0 spiro atoms. The highest BCUT2D eigenvalue weighted by Gasteiger charge is 2.29. The number of hydrogen-bond donors (Lipinski definition) is 0. The summed E-state index contributed by atoms with van der Waals surface area (Å²) in [6, 6.07) is 19.0. The smallest absolute Gasteiger partial charge is 0.243 e. The van der Waals surface area contributed by atoms with Crippen molar-refractivity contribution in [3.8, 4) is 10.7 Å². The van der Waals surface area contributed by atoms with E-state index in [1.54, 1.807) is 27.8 Å². The first-order valence-electron chi connectivity index (χ1n) is 11.5. The minimum Gasteiger partial charge on any atom is -0.340 e. The number of fused-ring (bicyclic) bond motifs is 3. The molecule has 0 radical (unpaired) electrons. The molecule has 3 aromatic heterocycles. The first kappa shape index (κ1) is 22.1. The SMILES string of the molecule is Cc1ccc(S(=O)(=O)N2CCCN(c3nc4ccccc4c4nnc(-c5cccs5)n34)CC2)cc1. The van der Waals surface area contributed by atoms with E-state index in [4.69, 9.17) is 4.98 Å². The van der Waals surface area contributed by atoms with Crippen molar-refractivity contribution in [2.24, 2.45) is 0 Å². The number of hydrogen-bond acceptors (Lipinski definition) is 7. The maximum atomic E-state index is 13.3. The predicted molar refractivity (Wildman–Crippen MR) is 138 cm³/mol. The molecule has 0 bridgehead atoms. The van der Waals surface area contributed by atoms with Gasteiger partial charge in [0.1, 0.15) is 0 Å². The molecule has 10 heteroatoms. The first-order valence-corrected chi connectivity index (χ1v) is 13.8. The standard InChI is InChI=1S/C25H24N6O2S2/c1-18-9-11-19(12-10-18)35(32,33)30-14-5-13-29(15-16-30)25-26-21-7-3-2-6-20(21)23-27-28-24(31(23)25)22-8-4-17-34-22/h2-4,6-12,17H,5,13-16H2,1H3. The second-order valence-electron chi connectivity index (χ2n) is 8.65. The van der Waals surface area contributed by atoms with Crippen LogP contribution in [-0.4, -0.2) is 58.5 Å². The molecule has 1 aliphatic heterocycles. The van der Waals surface area contributed by atoms with Gasteiger partial charge in [-0.3, -0.25) is 0 Å². The molecule has 2 aromatic carbocycles. The monoisotopic (exact) mass is 504 g/mol. The van der Waals surface area contributed by atoms with E-state index < -0.39 is 10.0 Å². The van der Waals surface area contributed by atoms with Crippen molar-refractivity contribution in [3.63, 3.8) is 0 Å². The minimum absolute atomic E-state index is 0.335. The largest absolute Gasteiger partial charge is 0.340 e. The number of aryl methyl sites for hydroxylation is 1. The van der Waals surface area contributed by atoms with Crippen LogP contribution in [0.2, 0.25) is 0 Å². The van der Waals surface area contributed by atoms with E-state index in [0.717, 1.165) is 38.8 Å². The molecule has 6 rings (SSSR count). The van der Waals surface area contributed by atoms with Crippen LogP contribution in [0, 0.1) is 6.92 Å². The molecule has 178 valence electrons. The van der Waals surface area contributed by atoms with Crippen molar-refractivity contribution in [1.29, 1.82) is 0 Å². The lowest BCUT2D eigenvalue weighted by molar-refractivity contribution is 0.433. The Balaban J connectivity index is 1.40. The maximum Gasteiger partial charge on any atom is 0.243 e. The summed E-state index contributed by atoms with van der Waals surface area (Å²) in [5.41, 5.74) is 2.63. The van der Waals surface area contributed by atoms with E-state index in [9.17, 15) is 8.42 Å². The normalized spacial score (nSPS) is 15.6. The van der Waals surface area contributed by atoms with Crippen LogP contribution >= 0.6 is 11.3 Å². The van der Waals surface area contributed by atoms with Crippen molar-refractivity contribution in [2.45, 2.75) is 18.2 Å². The van der Waals surface area contributed by atoms with Gasteiger partial charge in [0.05, 0.1) is 15.3 Å². The number of sulfonamides is 1. The summed E-state index contributed by atoms with van der Waals surface area (Å²) in [6.07, 6.45) is 0.692. The molecule has 0 N–H and O–H groups in total. The number of benzene rings is 2. The Morgan fingerprint density at radius 3 is 2.51 bits per heavy atom. The Morgan fingerprint density at radius 2 is 1.71 bits per heavy atom. The Bertz CT molecular complexity index is 1610. The number of nitrogens with zero attached hydrogens (tertiary/aromatic N) is 6. The van der Waals surface area contributed by atoms with Gasteiger partial charge in [0, 0.05) is 31.6 Å². The van der Waals surface area contributed by atoms with Crippen LogP contribution < -0.4 is 4.90 Å². The van der Waals surface area contributed by atoms with E-state index in [-0.39, 0.29) is 0 Å². The summed E-state index contributed by atoms with van der Waals surface area (Å²) in [6.45, 7) is 4.00. The van der Waals surface area contributed by atoms with E-state index >= 15 is 0 Å². The summed E-state index contributed by atoms with van der Waals surface area (Å²) < 4.78 is 30.2. The van der Waals surface area contributed by atoms with Gasteiger partial charge in [-0.25, -0.2) is 17.8 Å². The molecule has 0 unspecified atom stereocenters. The van der Waals surface area contributed by atoms with E-state index in [1.165, 1.54) is 0 Å². The quantitative estimate of drug-likeness (QED) is 0.365. The number of rotatable bonds is 4. The second-order valence-corrected chi connectivity index (χ2v) is 11.5. The topological polar surface area (TPSA) is 83.7 Å². The van der Waals surface area contributed by atoms with Crippen molar-refractivity contribution < 1.29 is 8.42 Å². The summed E-state index contributed by atoms with van der Waals surface area (Å²) >= 11 is 1.61. The van der Waals surface area contributed by atoms with E-state index in [1.807, 2.05) is 65.2 Å². The van der Waals surface area contributed by atoms with Gasteiger partial charge in [0.15, 0.2) is 11.5 Å². The summed E-state index contributed by atoms with van der Waals surface area (Å²) in [5, 5.41) is 12.0. The molecule has 5 aromatic rings. The molecule has 0 amide bonds. The number of aromatic nitrogens is 4. The zero-order valence-electron chi connectivity index (χ0n) is 19.2. The molecule has 8 nitrogen and oxygen atoms in total. The Hall–Kier alpha value is -3.34. The zero-order chi connectivity index (χ0) is 24.0. The summed E-state index contributed by atoms with van der Waals surface area (Å²) in [5.74, 6) is 1.48. The van der Waals surface area contributed by atoms with Gasteiger partial charge in [-0.1, -0.05) is 35.9 Å². The average Bonchev–Trinajstić information content (AvgIpc) is 3.48. The third kappa shape index (κ3) is 3.87. The lowest BCUT2D eigenvalue weighted by atomic mass is 10.2. The van der Waals surface area contributed by atoms with Crippen molar-refractivity contribution in [2.75, 3.05) is 31.1 Å². The van der Waals surface area contributed by atoms with E-state index in [0.29, 0.717) is 37.5 Å². The molecule has 0 atom stereocenters. The van der Waals surface area contributed by atoms with Crippen molar-refractivity contribution in [3.05, 3.63) is 71.6 Å².